The highest BCUT2D eigenvalue weighted by atomic mass is 16.5. The van der Waals surface area contributed by atoms with Crippen LogP contribution in [-0.4, -0.2) is 26.4 Å². The third kappa shape index (κ3) is 4.90. The van der Waals surface area contributed by atoms with Crippen molar-refractivity contribution in [3.05, 3.63) is 30.3 Å². The van der Waals surface area contributed by atoms with Gasteiger partial charge in [-0.05, 0) is 18.6 Å². The lowest BCUT2D eigenvalue weighted by molar-refractivity contribution is 0.170. The fourth-order valence-electron chi connectivity index (χ4n) is 1.04. The van der Waals surface area contributed by atoms with Gasteiger partial charge in [0, 0.05) is 6.54 Å². The van der Waals surface area contributed by atoms with Crippen LogP contribution in [0.4, 0.5) is 4.79 Å². The lowest BCUT2D eigenvalue weighted by Gasteiger charge is -2.06. The first-order valence-electron chi connectivity index (χ1n) is 4.82. The van der Waals surface area contributed by atoms with Gasteiger partial charge in [-0.1, -0.05) is 18.2 Å². The maximum atomic E-state index is 10.7. The van der Waals surface area contributed by atoms with E-state index in [0.29, 0.717) is 13.2 Å². The lowest BCUT2D eigenvalue weighted by atomic mass is 10.3. The maximum absolute atomic E-state index is 10.7. The Labute approximate surface area is 89.2 Å². The molecule has 0 aliphatic rings. The molecule has 1 N–H and O–H groups in total. The predicted octanol–water partition coefficient (Wildman–Crippen LogP) is 1.81. The van der Waals surface area contributed by atoms with Crippen LogP contribution in [0.5, 0.6) is 5.75 Å². The van der Waals surface area contributed by atoms with E-state index in [1.165, 1.54) is 7.11 Å². The first-order chi connectivity index (χ1) is 7.33. The van der Waals surface area contributed by atoms with Crippen molar-refractivity contribution in [1.29, 1.82) is 0 Å². The average Bonchev–Trinajstić information content (AvgIpc) is 2.29. The summed E-state index contributed by atoms with van der Waals surface area (Å²) in [5.74, 6) is 0.843. The van der Waals surface area contributed by atoms with Crippen molar-refractivity contribution in [2.75, 3.05) is 20.3 Å². The summed E-state index contributed by atoms with van der Waals surface area (Å²) in [5, 5.41) is 2.58. The third-order valence-electron chi connectivity index (χ3n) is 1.79. The Balaban J connectivity index is 2.05. The molecule has 0 fully saturated rings. The SMILES string of the molecule is COC(=O)NCCCOc1ccccc1. The monoisotopic (exact) mass is 209 g/mol. The van der Waals surface area contributed by atoms with Gasteiger partial charge in [0.2, 0.25) is 0 Å². The van der Waals surface area contributed by atoms with Crippen LogP contribution in [0, 0.1) is 0 Å². The Morgan fingerprint density at radius 3 is 2.73 bits per heavy atom. The molecule has 0 unspecified atom stereocenters. The molecule has 1 aromatic rings. The molecule has 0 heterocycles. The molecule has 0 spiro atoms. The van der Waals surface area contributed by atoms with Gasteiger partial charge in [0.25, 0.3) is 0 Å². The number of methoxy groups -OCH3 is 1. The molecule has 0 saturated heterocycles. The number of ether oxygens (including phenoxy) is 2. The van der Waals surface area contributed by atoms with Gasteiger partial charge in [-0.15, -0.1) is 0 Å². The van der Waals surface area contributed by atoms with Gasteiger partial charge in [-0.2, -0.15) is 0 Å². The number of hydrogen-bond acceptors (Lipinski definition) is 3. The molecule has 0 aromatic heterocycles. The number of nitrogens with one attached hydrogen (secondary N) is 1. The van der Waals surface area contributed by atoms with E-state index in [-0.39, 0.29) is 0 Å². The molecule has 4 nitrogen and oxygen atoms in total. The van der Waals surface area contributed by atoms with Crippen molar-refractivity contribution in [3.63, 3.8) is 0 Å². The van der Waals surface area contributed by atoms with Gasteiger partial charge < -0.3 is 14.8 Å². The number of hydrogen-bond donors (Lipinski definition) is 1. The summed E-state index contributed by atoms with van der Waals surface area (Å²) in [7, 11) is 1.34. The summed E-state index contributed by atoms with van der Waals surface area (Å²) in [6, 6.07) is 9.57. The Morgan fingerprint density at radius 1 is 1.33 bits per heavy atom. The number of rotatable bonds is 5. The van der Waals surface area contributed by atoms with Gasteiger partial charge in [0.1, 0.15) is 5.75 Å². The van der Waals surface area contributed by atoms with Crippen molar-refractivity contribution in [2.45, 2.75) is 6.42 Å². The van der Waals surface area contributed by atoms with Crippen LogP contribution in [0.15, 0.2) is 30.3 Å². The van der Waals surface area contributed by atoms with Gasteiger partial charge in [0.05, 0.1) is 13.7 Å². The molecule has 0 aliphatic carbocycles. The zero-order chi connectivity index (χ0) is 10.9. The van der Waals surface area contributed by atoms with Crippen molar-refractivity contribution in [2.24, 2.45) is 0 Å². The fourth-order valence-corrected chi connectivity index (χ4v) is 1.04. The first-order valence-corrected chi connectivity index (χ1v) is 4.82. The molecular weight excluding hydrogens is 194 g/mol. The van der Waals surface area contributed by atoms with Gasteiger partial charge in [0.15, 0.2) is 0 Å². The number of benzene rings is 1. The molecule has 1 aromatic carbocycles. The van der Waals surface area contributed by atoms with E-state index in [4.69, 9.17) is 4.74 Å². The van der Waals surface area contributed by atoms with Crippen LogP contribution in [-0.2, 0) is 4.74 Å². The lowest BCUT2D eigenvalue weighted by Crippen LogP contribution is -2.25. The Hall–Kier alpha value is -1.71. The topological polar surface area (TPSA) is 47.6 Å². The molecule has 0 atom stereocenters. The minimum absolute atomic E-state index is 0.408. The Morgan fingerprint density at radius 2 is 2.07 bits per heavy atom. The summed E-state index contributed by atoms with van der Waals surface area (Å²) in [5.41, 5.74) is 0. The van der Waals surface area contributed by atoms with Crippen LogP contribution >= 0.6 is 0 Å². The number of para-hydroxylation sites is 1. The smallest absolute Gasteiger partial charge is 0.406 e. The standard InChI is InChI=1S/C11H15NO3/c1-14-11(13)12-8-5-9-15-10-6-3-2-4-7-10/h2-4,6-7H,5,8-9H2,1H3,(H,12,13). The van der Waals surface area contributed by atoms with E-state index < -0.39 is 6.09 Å². The van der Waals surface area contributed by atoms with Crippen molar-refractivity contribution >= 4 is 6.09 Å². The summed E-state index contributed by atoms with van der Waals surface area (Å²) >= 11 is 0. The number of carbonyl (C=O) groups excluding carboxylic acids is 1. The molecule has 1 amide bonds. The Kier molecular flexibility index (Phi) is 5.08. The second-order valence-corrected chi connectivity index (χ2v) is 2.93. The second kappa shape index (κ2) is 6.70. The van der Waals surface area contributed by atoms with Crippen LogP contribution in [0.3, 0.4) is 0 Å². The highest BCUT2D eigenvalue weighted by molar-refractivity contribution is 5.66. The van der Waals surface area contributed by atoms with Gasteiger partial charge >= 0.3 is 6.09 Å². The quantitative estimate of drug-likeness (QED) is 0.752. The number of alkyl carbamates (subject to hydrolysis) is 1. The summed E-state index contributed by atoms with van der Waals surface area (Å²) in [4.78, 5) is 10.7. The molecule has 15 heavy (non-hydrogen) atoms. The minimum Gasteiger partial charge on any atom is -0.494 e. The maximum Gasteiger partial charge on any atom is 0.406 e. The van der Waals surface area contributed by atoms with Gasteiger partial charge in [-0.3, -0.25) is 0 Å². The molecule has 0 radical (unpaired) electrons. The van der Waals surface area contributed by atoms with Gasteiger partial charge in [-0.25, -0.2) is 4.79 Å². The highest BCUT2D eigenvalue weighted by Crippen LogP contribution is 2.07. The minimum atomic E-state index is -0.408. The summed E-state index contributed by atoms with van der Waals surface area (Å²) in [6.07, 6.45) is 0.346. The zero-order valence-electron chi connectivity index (χ0n) is 8.73. The molecule has 4 heteroatoms. The van der Waals surface area contributed by atoms with Crippen molar-refractivity contribution < 1.29 is 14.3 Å². The number of amides is 1. The fraction of sp³-hybridized carbons (Fsp3) is 0.364. The number of carbonyl (C=O) groups is 1. The van der Waals surface area contributed by atoms with E-state index in [2.05, 4.69) is 10.1 Å². The van der Waals surface area contributed by atoms with E-state index in [0.717, 1.165) is 12.2 Å². The molecule has 0 bridgehead atoms. The van der Waals surface area contributed by atoms with Crippen LogP contribution in [0.2, 0.25) is 0 Å². The van der Waals surface area contributed by atoms with Crippen LogP contribution in [0.1, 0.15) is 6.42 Å². The molecule has 0 aliphatic heterocycles. The summed E-state index contributed by atoms with van der Waals surface area (Å²) in [6.45, 7) is 1.13. The van der Waals surface area contributed by atoms with E-state index >= 15 is 0 Å². The zero-order valence-corrected chi connectivity index (χ0v) is 8.73. The average molecular weight is 209 g/mol. The highest BCUT2D eigenvalue weighted by Gasteiger charge is 1.96. The molecular formula is C11H15NO3. The van der Waals surface area contributed by atoms with Crippen molar-refractivity contribution in [3.8, 4) is 5.75 Å². The predicted molar refractivity (Wildman–Crippen MR) is 57.0 cm³/mol. The molecule has 0 saturated carbocycles. The van der Waals surface area contributed by atoms with Crippen molar-refractivity contribution in [1.82, 2.24) is 5.32 Å². The second-order valence-electron chi connectivity index (χ2n) is 2.93. The van der Waals surface area contributed by atoms with E-state index in [1.807, 2.05) is 30.3 Å². The molecule has 82 valence electrons. The largest absolute Gasteiger partial charge is 0.494 e. The first kappa shape index (κ1) is 11.4. The van der Waals surface area contributed by atoms with E-state index in [9.17, 15) is 4.79 Å². The third-order valence-corrected chi connectivity index (χ3v) is 1.79. The van der Waals surface area contributed by atoms with Crippen LogP contribution < -0.4 is 10.1 Å². The van der Waals surface area contributed by atoms with E-state index in [1.54, 1.807) is 0 Å². The van der Waals surface area contributed by atoms with Crippen LogP contribution in [0.25, 0.3) is 0 Å². The summed E-state index contributed by atoms with van der Waals surface area (Å²) < 4.78 is 9.85. The molecule has 1 rings (SSSR count). The normalized spacial score (nSPS) is 9.40. The Bertz CT molecular complexity index is 287.